The maximum absolute atomic E-state index is 12.7. The van der Waals surface area contributed by atoms with E-state index in [0.717, 1.165) is 44.2 Å². The van der Waals surface area contributed by atoms with Crippen LogP contribution in [0.2, 0.25) is 0 Å². The van der Waals surface area contributed by atoms with Gasteiger partial charge in [-0.1, -0.05) is 26.0 Å². The average molecular weight is 343 g/mol. The zero-order chi connectivity index (χ0) is 16.7. The van der Waals surface area contributed by atoms with E-state index in [-0.39, 0.29) is 13.3 Å². The number of benzene rings is 1. The minimum absolute atomic E-state index is 0. The van der Waals surface area contributed by atoms with Crippen molar-refractivity contribution in [1.29, 1.82) is 0 Å². The molecule has 1 unspecified atom stereocenters. The second kappa shape index (κ2) is 7.16. The van der Waals surface area contributed by atoms with Gasteiger partial charge in [0, 0.05) is 43.7 Å². The summed E-state index contributed by atoms with van der Waals surface area (Å²) >= 11 is 0. The van der Waals surface area contributed by atoms with Gasteiger partial charge >= 0.3 is 0 Å². The summed E-state index contributed by atoms with van der Waals surface area (Å²) in [6, 6.07) is 8.17. The molecule has 136 valence electrons. The molecule has 3 aliphatic rings. The van der Waals surface area contributed by atoms with Crippen molar-refractivity contribution in [3.8, 4) is 0 Å². The van der Waals surface area contributed by atoms with Crippen LogP contribution in [-0.4, -0.2) is 53.8 Å². The predicted molar refractivity (Wildman–Crippen MR) is 98.3 cm³/mol. The maximum Gasteiger partial charge on any atom is 0.248 e. The molecular formula is C20H29N3O2. The first kappa shape index (κ1) is 17.9. The van der Waals surface area contributed by atoms with Gasteiger partial charge in [-0.15, -0.1) is 0 Å². The standard InChI is InChI=1S/C19H25N3O2.CH4/c20-18(23)14-6-4-13(5-7-14)16-12-17(16)19(24)22-10-8-21(9-11-22)15-2-1-3-15;/h4-7,15-17H,1-3,8-12H2,(H2,20,23);1H4/t16?,17-;/m0./s1. The summed E-state index contributed by atoms with van der Waals surface area (Å²) in [7, 11) is 0. The Labute approximate surface area is 150 Å². The van der Waals surface area contributed by atoms with Gasteiger partial charge in [-0.25, -0.2) is 0 Å². The van der Waals surface area contributed by atoms with E-state index in [9.17, 15) is 9.59 Å². The van der Waals surface area contributed by atoms with Gasteiger partial charge in [0.2, 0.25) is 11.8 Å². The van der Waals surface area contributed by atoms with Crippen LogP contribution >= 0.6 is 0 Å². The second-order valence-electron chi connectivity index (χ2n) is 7.38. The molecule has 0 aromatic heterocycles. The van der Waals surface area contributed by atoms with E-state index in [4.69, 9.17) is 5.73 Å². The fraction of sp³-hybridized carbons (Fsp3) is 0.600. The lowest BCUT2D eigenvalue weighted by Gasteiger charge is -2.43. The summed E-state index contributed by atoms with van der Waals surface area (Å²) in [5.41, 5.74) is 6.94. The molecule has 0 spiro atoms. The van der Waals surface area contributed by atoms with Crippen molar-refractivity contribution in [3.63, 3.8) is 0 Å². The molecule has 2 N–H and O–H groups in total. The van der Waals surface area contributed by atoms with Crippen molar-refractivity contribution >= 4 is 11.8 Å². The van der Waals surface area contributed by atoms with Crippen LogP contribution in [0.3, 0.4) is 0 Å². The summed E-state index contributed by atoms with van der Waals surface area (Å²) in [5.74, 6) is 0.338. The number of carbonyl (C=O) groups excluding carboxylic acids is 2. The minimum atomic E-state index is -0.408. The fourth-order valence-electron chi connectivity index (χ4n) is 4.02. The van der Waals surface area contributed by atoms with Gasteiger partial charge in [0.25, 0.3) is 0 Å². The van der Waals surface area contributed by atoms with Crippen molar-refractivity contribution in [2.45, 2.75) is 45.1 Å². The molecule has 5 nitrogen and oxygen atoms in total. The Morgan fingerprint density at radius 2 is 1.64 bits per heavy atom. The van der Waals surface area contributed by atoms with E-state index in [2.05, 4.69) is 9.80 Å². The van der Waals surface area contributed by atoms with Crippen molar-refractivity contribution in [3.05, 3.63) is 35.4 Å². The average Bonchev–Trinajstić information content (AvgIpc) is 3.34. The quantitative estimate of drug-likeness (QED) is 0.911. The van der Waals surface area contributed by atoms with Crippen LogP contribution < -0.4 is 5.73 Å². The molecule has 2 aliphatic carbocycles. The first-order valence-electron chi connectivity index (χ1n) is 9.06. The molecule has 25 heavy (non-hydrogen) atoms. The third-order valence-corrected chi connectivity index (χ3v) is 5.95. The van der Waals surface area contributed by atoms with Crippen LogP contribution in [-0.2, 0) is 4.79 Å². The van der Waals surface area contributed by atoms with Gasteiger partial charge in [-0.3, -0.25) is 14.5 Å². The Hall–Kier alpha value is -1.88. The van der Waals surface area contributed by atoms with Crippen LogP contribution in [0.25, 0.3) is 0 Å². The highest BCUT2D eigenvalue weighted by Gasteiger charge is 2.46. The zero-order valence-electron chi connectivity index (χ0n) is 14.0. The summed E-state index contributed by atoms with van der Waals surface area (Å²) in [6.45, 7) is 3.81. The number of hydrogen-bond acceptors (Lipinski definition) is 3. The van der Waals surface area contributed by atoms with E-state index in [1.54, 1.807) is 12.1 Å². The molecule has 1 aromatic rings. The highest BCUT2D eigenvalue weighted by molar-refractivity contribution is 5.92. The van der Waals surface area contributed by atoms with Crippen LogP contribution in [0.15, 0.2) is 24.3 Å². The number of rotatable bonds is 4. The molecule has 2 amide bonds. The van der Waals surface area contributed by atoms with Crippen LogP contribution in [0.4, 0.5) is 0 Å². The number of primary amides is 1. The summed E-state index contributed by atoms with van der Waals surface area (Å²) in [5, 5.41) is 0. The first-order valence-corrected chi connectivity index (χ1v) is 9.06. The number of nitrogens with two attached hydrogens (primary N) is 1. The number of hydrogen-bond donors (Lipinski definition) is 1. The summed E-state index contributed by atoms with van der Waals surface area (Å²) in [6.07, 6.45) is 4.96. The summed E-state index contributed by atoms with van der Waals surface area (Å²) < 4.78 is 0. The highest BCUT2D eigenvalue weighted by atomic mass is 16.2. The van der Waals surface area contributed by atoms with Gasteiger partial charge in [-0.05, 0) is 42.9 Å². The number of amides is 2. The Morgan fingerprint density at radius 1 is 1.00 bits per heavy atom. The lowest BCUT2D eigenvalue weighted by Crippen LogP contribution is -2.53. The Morgan fingerprint density at radius 3 is 2.16 bits per heavy atom. The normalized spacial score (nSPS) is 26.5. The van der Waals surface area contributed by atoms with E-state index in [1.165, 1.54) is 19.3 Å². The molecule has 2 saturated carbocycles. The molecule has 4 rings (SSSR count). The molecule has 0 radical (unpaired) electrons. The third kappa shape index (κ3) is 3.56. The van der Waals surface area contributed by atoms with Gasteiger partial charge in [-0.2, -0.15) is 0 Å². The van der Waals surface area contributed by atoms with Gasteiger partial charge in [0.15, 0.2) is 0 Å². The molecule has 2 atom stereocenters. The van der Waals surface area contributed by atoms with Crippen LogP contribution in [0.5, 0.6) is 0 Å². The largest absolute Gasteiger partial charge is 0.366 e. The van der Waals surface area contributed by atoms with Crippen molar-refractivity contribution < 1.29 is 9.59 Å². The molecule has 5 heteroatoms. The molecule has 1 saturated heterocycles. The first-order chi connectivity index (χ1) is 11.6. The van der Waals surface area contributed by atoms with Crippen LogP contribution in [0.1, 0.15) is 54.9 Å². The highest BCUT2D eigenvalue weighted by Crippen LogP contribution is 2.48. The minimum Gasteiger partial charge on any atom is -0.366 e. The van der Waals surface area contributed by atoms with E-state index in [0.29, 0.717) is 17.4 Å². The Bertz CT molecular complexity index is 631. The maximum atomic E-state index is 12.7. The lowest BCUT2D eigenvalue weighted by atomic mass is 9.91. The Kier molecular flexibility index (Phi) is 5.13. The number of carbonyl (C=O) groups is 2. The molecule has 0 bridgehead atoms. The van der Waals surface area contributed by atoms with Crippen LogP contribution in [0, 0.1) is 5.92 Å². The molecular weight excluding hydrogens is 314 g/mol. The van der Waals surface area contributed by atoms with E-state index >= 15 is 0 Å². The summed E-state index contributed by atoms with van der Waals surface area (Å²) in [4.78, 5) is 28.5. The number of nitrogens with zero attached hydrogens (tertiary/aromatic N) is 2. The molecule has 3 fully saturated rings. The molecule has 1 aromatic carbocycles. The number of piperazine rings is 1. The van der Waals surface area contributed by atoms with Crippen molar-refractivity contribution in [2.24, 2.45) is 11.7 Å². The fourth-order valence-corrected chi connectivity index (χ4v) is 4.02. The third-order valence-electron chi connectivity index (χ3n) is 5.95. The zero-order valence-corrected chi connectivity index (χ0v) is 14.0. The van der Waals surface area contributed by atoms with Gasteiger partial charge in [0.05, 0.1) is 0 Å². The monoisotopic (exact) mass is 343 g/mol. The topological polar surface area (TPSA) is 66.6 Å². The van der Waals surface area contributed by atoms with E-state index in [1.807, 2.05) is 12.1 Å². The Balaban J connectivity index is 0.00000182. The smallest absolute Gasteiger partial charge is 0.248 e. The van der Waals surface area contributed by atoms with Gasteiger partial charge < -0.3 is 10.6 Å². The van der Waals surface area contributed by atoms with Gasteiger partial charge in [0.1, 0.15) is 0 Å². The van der Waals surface area contributed by atoms with Crippen molar-refractivity contribution in [1.82, 2.24) is 9.80 Å². The lowest BCUT2D eigenvalue weighted by molar-refractivity contribution is -0.135. The predicted octanol–water partition coefficient (Wildman–Crippen LogP) is 2.22. The van der Waals surface area contributed by atoms with Crippen molar-refractivity contribution in [2.75, 3.05) is 26.2 Å². The molecule has 1 heterocycles. The van der Waals surface area contributed by atoms with E-state index < -0.39 is 5.91 Å². The SMILES string of the molecule is C.NC(=O)c1ccc(C2C[C@@H]2C(=O)N2CCN(C3CCC3)CC2)cc1. The second-order valence-corrected chi connectivity index (χ2v) is 7.38. The molecule has 1 aliphatic heterocycles.